The van der Waals surface area contributed by atoms with E-state index in [1.54, 1.807) is 38.4 Å². The van der Waals surface area contributed by atoms with E-state index in [4.69, 9.17) is 21.1 Å². The molecule has 2 unspecified atom stereocenters. The molecule has 33 heavy (non-hydrogen) atoms. The Bertz CT molecular complexity index is 1080. The molecule has 0 aliphatic carbocycles. The number of aryl methyl sites for hydroxylation is 1. The van der Waals surface area contributed by atoms with Crippen LogP contribution in [0, 0.1) is 6.92 Å². The number of ether oxygens (including phenoxy) is 2. The van der Waals surface area contributed by atoms with Crippen LogP contribution in [0.15, 0.2) is 41.4 Å². The molecule has 1 aliphatic heterocycles. The van der Waals surface area contributed by atoms with Gasteiger partial charge < -0.3 is 9.47 Å². The van der Waals surface area contributed by atoms with Crippen molar-refractivity contribution < 1.29 is 19.1 Å². The maximum atomic E-state index is 12.7. The van der Waals surface area contributed by atoms with Gasteiger partial charge in [0.2, 0.25) is 0 Å². The third-order valence-corrected chi connectivity index (χ3v) is 6.34. The van der Waals surface area contributed by atoms with E-state index >= 15 is 0 Å². The van der Waals surface area contributed by atoms with Gasteiger partial charge in [0.25, 0.3) is 0 Å². The van der Waals surface area contributed by atoms with Crippen LogP contribution in [0.1, 0.15) is 30.9 Å². The molecule has 2 aromatic rings. The Balaban J connectivity index is 1.58. The standard InChI is InChI=1S/C23H27ClN4O4S/c1-14-12-17(24)10-11-19(14)25-13-26(4)22(29)27(5)33-28(6)23(30)32-20-9-7-8-18-15(2)16(3)31-21(18)20/h7-13,15-16H,1-6H3. The number of hydrogen-bond donors (Lipinski definition) is 0. The monoisotopic (exact) mass is 490 g/mol. The van der Waals surface area contributed by atoms with Gasteiger partial charge in [-0.1, -0.05) is 30.7 Å². The lowest BCUT2D eigenvalue weighted by molar-refractivity contribution is 0.180. The summed E-state index contributed by atoms with van der Waals surface area (Å²) < 4.78 is 13.9. The number of hydrogen-bond acceptors (Lipinski definition) is 6. The van der Waals surface area contributed by atoms with E-state index in [1.807, 2.05) is 26.0 Å². The van der Waals surface area contributed by atoms with Crippen LogP contribution in [-0.2, 0) is 0 Å². The molecular formula is C23H27ClN4O4S. The summed E-state index contributed by atoms with van der Waals surface area (Å²) in [7, 11) is 4.66. The van der Waals surface area contributed by atoms with E-state index in [0.717, 1.165) is 23.3 Å². The first kappa shape index (κ1) is 24.7. The highest BCUT2D eigenvalue weighted by Gasteiger charge is 2.31. The fourth-order valence-electron chi connectivity index (χ4n) is 3.23. The molecule has 2 aromatic carbocycles. The Morgan fingerprint density at radius 2 is 1.88 bits per heavy atom. The van der Waals surface area contributed by atoms with E-state index in [2.05, 4.69) is 11.9 Å². The van der Waals surface area contributed by atoms with Crippen LogP contribution in [0.25, 0.3) is 0 Å². The van der Waals surface area contributed by atoms with Gasteiger partial charge in [-0.2, -0.15) is 0 Å². The number of rotatable bonds is 5. The molecular weight excluding hydrogens is 464 g/mol. The molecule has 8 nitrogen and oxygen atoms in total. The lowest BCUT2D eigenvalue weighted by Gasteiger charge is -2.24. The van der Waals surface area contributed by atoms with Gasteiger partial charge in [-0.25, -0.2) is 18.9 Å². The molecule has 0 radical (unpaired) electrons. The molecule has 3 rings (SSSR count). The van der Waals surface area contributed by atoms with Crippen LogP contribution in [0.4, 0.5) is 15.3 Å². The average Bonchev–Trinajstić information content (AvgIpc) is 3.07. The highest BCUT2D eigenvalue weighted by Crippen LogP contribution is 2.44. The normalized spacial score (nSPS) is 16.8. The molecule has 0 fully saturated rings. The van der Waals surface area contributed by atoms with Crippen molar-refractivity contribution in [1.82, 2.24) is 13.5 Å². The Labute approximate surface area is 203 Å². The second-order valence-electron chi connectivity index (χ2n) is 7.80. The molecule has 0 bridgehead atoms. The maximum absolute atomic E-state index is 12.7. The Hall–Kier alpha value is -2.91. The fraction of sp³-hybridized carbons (Fsp3) is 0.348. The molecule has 0 aromatic heterocycles. The smallest absolute Gasteiger partial charge is 0.426 e. The van der Waals surface area contributed by atoms with Gasteiger partial charge in [0.15, 0.2) is 11.5 Å². The largest absolute Gasteiger partial charge is 0.486 e. The first-order valence-electron chi connectivity index (χ1n) is 10.3. The maximum Gasteiger partial charge on any atom is 0.426 e. The van der Waals surface area contributed by atoms with Crippen molar-refractivity contribution >= 4 is 47.9 Å². The second kappa shape index (κ2) is 10.4. The minimum atomic E-state index is -0.628. The summed E-state index contributed by atoms with van der Waals surface area (Å²) >= 11 is 6.87. The Morgan fingerprint density at radius 3 is 2.58 bits per heavy atom. The van der Waals surface area contributed by atoms with Gasteiger partial charge in [-0.3, -0.25) is 9.21 Å². The van der Waals surface area contributed by atoms with Crippen LogP contribution < -0.4 is 9.47 Å². The number of urea groups is 1. The first-order valence-corrected chi connectivity index (χ1v) is 11.4. The van der Waals surface area contributed by atoms with Gasteiger partial charge >= 0.3 is 12.1 Å². The van der Waals surface area contributed by atoms with Crippen LogP contribution in [-0.4, -0.2) is 59.2 Å². The molecule has 10 heteroatoms. The zero-order valence-corrected chi connectivity index (χ0v) is 21.0. The molecule has 0 N–H and O–H groups in total. The molecule has 0 saturated heterocycles. The molecule has 1 aliphatic rings. The first-order chi connectivity index (χ1) is 15.6. The van der Waals surface area contributed by atoms with E-state index in [0.29, 0.717) is 22.2 Å². The van der Waals surface area contributed by atoms with Crippen molar-refractivity contribution in [3.63, 3.8) is 0 Å². The number of nitrogens with zero attached hydrogens (tertiary/aromatic N) is 4. The minimum absolute atomic E-state index is 0.00423. The molecule has 1 heterocycles. The zero-order chi connectivity index (χ0) is 24.3. The summed E-state index contributed by atoms with van der Waals surface area (Å²) in [5.41, 5.74) is 2.61. The highest BCUT2D eigenvalue weighted by atomic mass is 35.5. The van der Waals surface area contributed by atoms with E-state index in [9.17, 15) is 9.59 Å². The van der Waals surface area contributed by atoms with E-state index < -0.39 is 6.09 Å². The van der Waals surface area contributed by atoms with Crippen LogP contribution in [0.2, 0.25) is 5.02 Å². The molecule has 0 spiro atoms. The number of amides is 3. The number of carbonyl (C=O) groups excluding carboxylic acids is 2. The summed E-state index contributed by atoms with van der Waals surface area (Å²) in [4.78, 5) is 30.9. The van der Waals surface area contributed by atoms with E-state index in [1.165, 1.54) is 26.9 Å². The number of aliphatic imine (C=N–C) groups is 1. The van der Waals surface area contributed by atoms with Crippen molar-refractivity contribution in [3.05, 3.63) is 52.5 Å². The number of halogens is 1. The van der Waals surface area contributed by atoms with Gasteiger partial charge in [-0.05, 0) is 43.7 Å². The lowest BCUT2D eigenvalue weighted by atomic mass is 9.98. The highest BCUT2D eigenvalue weighted by molar-refractivity contribution is 7.95. The van der Waals surface area contributed by atoms with Gasteiger partial charge in [-0.15, -0.1) is 0 Å². The predicted molar refractivity (Wildman–Crippen MR) is 132 cm³/mol. The van der Waals surface area contributed by atoms with Crippen molar-refractivity contribution in [2.45, 2.75) is 32.8 Å². The van der Waals surface area contributed by atoms with E-state index in [-0.39, 0.29) is 18.1 Å². The van der Waals surface area contributed by atoms with Crippen molar-refractivity contribution in [3.8, 4) is 11.5 Å². The van der Waals surface area contributed by atoms with Gasteiger partial charge in [0, 0.05) is 37.6 Å². The Morgan fingerprint density at radius 1 is 1.15 bits per heavy atom. The molecule has 2 atom stereocenters. The lowest BCUT2D eigenvalue weighted by Crippen LogP contribution is -2.37. The predicted octanol–water partition coefficient (Wildman–Crippen LogP) is 5.87. The van der Waals surface area contributed by atoms with Gasteiger partial charge in [0.05, 0.1) is 24.2 Å². The molecule has 176 valence electrons. The number of fused-ring (bicyclic) bond motifs is 1. The summed E-state index contributed by atoms with van der Waals surface area (Å²) in [6.07, 6.45) is 0.794. The van der Waals surface area contributed by atoms with Crippen LogP contribution in [0.5, 0.6) is 11.5 Å². The summed E-state index contributed by atoms with van der Waals surface area (Å²) in [5.74, 6) is 1.16. The van der Waals surface area contributed by atoms with Crippen molar-refractivity contribution in [2.75, 3.05) is 21.1 Å². The zero-order valence-electron chi connectivity index (χ0n) is 19.4. The fourth-order valence-corrected chi connectivity index (χ4v) is 4.13. The van der Waals surface area contributed by atoms with Crippen molar-refractivity contribution in [1.29, 1.82) is 0 Å². The van der Waals surface area contributed by atoms with Crippen molar-refractivity contribution in [2.24, 2.45) is 4.99 Å². The van der Waals surface area contributed by atoms with Crippen LogP contribution >= 0.6 is 23.7 Å². The van der Waals surface area contributed by atoms with Gasteiger partial charge in [0.1, 0.15) is 6.10 Å². The average molecular weight is 491 g/mol. The summed E-state index contributed by atoms with van der Waals surface area (Å²) in [6, 6.07) is 10.4. The summed E-state index contributed by atoms with van der Waals surface area (Å²) in [6.45, 7) is 5.93. The number of para-hydroxylation sites is 1. The minimum Gasteiger partial charge on any atom is -0.486 e. The summed E-state index contributed by atoms with van der Waals surface area (Å²) in [5, 5.41) is 0.623. The molecule has 3 amide bonds. The SMILES string of the molecule is Cc1cc(Cl)ccc1N=CN(C)C(=O)N(C)SN(C)C(=O)Oc1cccc2c1OC(C)C2C. The number of benzene rings is 2. The molecule has 0 saturated carbocycles. The second-order valence-corrected chi connectivity index (χ2v) is 9.49. The number of carbonyl (C=O) groups is 2. The van der Waals surface area contributed by atoms with Crippen LogP contribution in [0.3, 0.4) is 0 Å². The quantitative estimate of drug-likeness (QED) is 0.297. The topological polar surface area (TPSA) is 74.7 Å². The third-order valence-electron chi connectivity index (χ3n) is 5.31. The third kappa shape index (κ3) is 5.72. The Kier molecular flexibility index (Phi) is 7.76.